The first-order chi connectivity index (χ1) is 7.83. The molecule has 5 nitrogen and oxygen atoms in total. The third-order valence-corrected chi connectivity index (χ3v) is 3.25. The van der Waals surface area contributed by atoms with Gasteiger partial charge >= 0.3 is 0 Å². The standard InChI is InChI=1S/C11H20N4O/c1-12-10(9-16)2-4-14-6-7-15-5-3-13-11(15)8-14/h3,5,10,12,16H,2,4,6-9H2,1H3. The van der Waals surface area contributed by atoms with E-state index in [2.05, 4.69) is 19.8 Å². The van der Waals surface area contributed by atoms with Gasteiger partial charge in [0.15, 0.2) is 0 Å². The van der Waals surface area contributed by atoms with Crippen LogP contribution in [0.4, 0.5) is 0 Å². The number of rotatable bonds is 5. The summed E-state index contributed by atoms with van der Waals surface area (Å²) in [6, 6.07) is 0.210. The van der Waals surface area contributed by atoms with Gasteiger partial charge in [-0.3, -0.25) is 4.90 Å². The molecule has 2 heterocycles. The number of likely N-dealkylation sites (N-methyl/N-ethyl adjacent to an activating group) is 1. The third-order valence-electron chi connectivity index (χ3n) is 3.25. The molecule has 90 valence electrons. The number of imidazole rings is 1. The molecule has 0 saturated carbocycles. The summed E-state index contributed by atoms with van der Waals surface area (Å²) in [5.74, 6) is 1.15. The van der Waals surface area contributed by atoms with Crippen LogP contribution in [0.1, 0.15) is 12.2 Å². The van der Waals surface area contributed by atoms with E-state index >= 15 is 0 Å². The monoisotopic (exact) mass is 224 g/mol. The molecule has 0 bridgehead atoms. The van der Waals surface area contributed by atoms with Gasteiger partial charge in [0.2, 0.25) is 0 Å². The van der Waals surface area contributed by atoms with Crippen LogP contribution < -0.4 is 5.32 Å². The minimum atomic E-state index is 0.207. The van der Waals surface area contributed by atoms with E-state index < -0.39 is 0 Å². The Labute approximate surface area is 96.1 Å². The Balaban J connectivity index is 1.81. The summed E-state index contributed by atoms with van der Waals surface area (Å²) < 4.78 is 2.21. The van der Waals surface area contributed by atoms with Crippen molar-refractivity contribution in [2.75, 3.05) is 26.7 Å². The maximum absolute atomic E-state index is 9.08. The highest BCUT2D eigenvalue weighted by Crippen LogP contribution is 2.10. The first-order valence-corrected chi connectivity index (χ1v) is 5.84. The maximum atomic E-state index is 9.08. The third kappa shape index (κ3) is 2.61. The molecule has 0 aromatic carbocycles. The maximum Gasteiger partial charge on any atom is 0.122 e. The molecule has 2 rings (SSSR count). The molecular formula is C11H20N4O. The second kappa shape index (κ2) is 5.43. The van der Waals surface area contributed by atoms with Crippen molar-refractivity contribution in [3.8, 4) is 0 Å². The average molecular weight is 224 g/mol. The minimum Gasteiger partial charge on any atom is -0.395 e. The first-order valence-electron chi connectivity index (χ1n) is 5.84. The van der Waals surface area contributed by atoms with E-state index in [9.17, 15) is 0 Å². The van der Waals surface area contributed by atoms with Crippen molar-refractivity contribution in [1.29, 1.82) is 0 Å². The molecule has 1 unspecified atom stereocenters. The van der Waals surface area contributed by atoms with Gasteiger partial charge in [0.05, 0.1) is 13.2 Å². The largest absolute Gasteiger partial charge is 0.395 e. The van der Waals surface area contributed by atoms with Crippen molar-refractivity contribution in [2.45, 2.75) is 25.6 Å². The molecule has 1 aliphatic rings. The Morgan fingerprint density at radius 3 is 3.19 bits per heavy atom. The van der Waals surface area contributed by atoms with Gasteiger partial charge in [-0.15, -0.1) is 0 Å². The SMILES string of the molecule is CNC(CO)CCN1CCn2ccnc2C1. The fraction of sp³-hybridized carbons (Fsp3) is 0.727. The Bertz CT molecular complexity index is 322. The van der Waals surface area contributed by atoms with Crippen molar-refractivity contribution in [3.63, 3.8) is 0 Å². The number of aliphatic hydroxyl groups is 1. The number of nitrogens with one attached hydrogen (secondary N) is 1. The van der Waals surface area contributed by atoms with Crippen LogP contribution in [-0.2, 0) is 13.1 Å². The highest BCUT2D eigenvalue weighted by Gasteiger charge is 2.17. The van der Waals surface area contributed by atoms with Gasteiger partial charge in [-0.2, -0.15) is 0 Å². The lowest BCUT2D eigenvalue weighted by Crippen LogP contribution is -2.38. The number of aromatic nitrogens is 2. The van der Waals surface area contributed by atoms with E-state index in [-0.39, 0.29) is 12.6 Å². The molecule has 1 aromatic rings. The molecule has 0 saturated heterocycles. The molecule has 1 atom stereocenters. The van der Waals surface area contributed by atoms with E-state index in [0.717, 1.165) is 38.4 Å². The molecule has 0 aliphatic carbocycles. The Hall–Kier alpha value is -0.910. The van der Waals surface area contributed by atoms with Crippen LogP contribution in [-0.4, -0.2) is 52.3 Å². The number of nitrogens with zero attached hydrogens (tertiary/aromatic N) is 3. The molecular weight excluding hydrogens is 204 g/mol. The van der Waals surface area contributed by atoms with Crippen LogP contribution in [0.2, 0.25) is 0 Å². The van der Waals surface area contributed by atoms with Gasteiger partial charge in [0.25, 0.3) is 0 Å². The van der Waals surface area contributed by atoms with E-state index in [4.69, 9.17) is 5.11 Å². The van der Waals surface area contributed by atoms with Gasteiger partial charge in [0.1, 0.15) is 5.82 Å². The summed E-state index contributed by atoms with van der Waals surface area (Å²) in [7, 11) is 1.89. The van der Waals surface area contributed by atoms with Gasteiger partial charge in [-0.1, -0.05) is 0 Å². The van der Waals surface area contributed by atoms with Crippen molar-refractivity contribution in [3.05, 3.63) is 18.2 Å². The zero-order valence-corrected chi connectivity index (χ0v) is 9.76. The predicted molar refractivity (Wildman–Crippen MR) is 62.1 cm³/mol. The second-order valence-corrected chi connectivity index (χ2v) is 4.27. The second-order valence-electron chi connectivity index (χ2n) is 4.27. The van der Waals surface area contributed by atoms with Crippen molar-refractivity contribution in [1.82, 2.24) is 19.8 Å². The molecule has 0 amide bonds. The molecule has 0 fully saturated rings. The van der Waals surface area contributed by atoms with E-state index in [1.807, 2.05) is 19.4 Å². The number of hydrogen-bond donors (Lipinski definition) is 2. The van der Waals surface area contributed by atoms with Crippen molar-refractivity contribution in [2.24, 2.45) is 0 Å². The first kappa shape index (κ1) is 11.6. The smallest absolute Gasteiger partial charge is 0.122 e. The van der Waals surface area contributed by atoms with Gasteiger partial charge in [0, 0.05) is 38.1 Å². The summed E-state index contributed by atoms with van der Waals surface area (Å²) in [4.78, 5) is 6.72. The Kier molecular flexibility index (Phi) is 3.93. The van der Waals surface area contributed by atoms with Gasteiger partial charge < -0.3 is 15.0 Å². The summed E-state index contributed by atoms with van der Waals surface area (Å²) in [6.07, 6.45) is 4.88. The summed E-state index contributed by atoms with van der Waals surface area (Å²) in [5.41, 5.74) is 0. The van der Waals surface area contributed by atoms with Crippen molar-refractivity contribution >= 4 is 0 Å². The quantitative estimate of drug-likeness (QED) is 0.719. The molecule has 0 spiro atoms. The molecule has 1 aromatic heterocycles. The summed E-state index contributed by atoms with van der Waals surface area (Å²) in [6.45, 7) is 4.25. The fourth-order valence-corrected chi connectivity index (χ4v) is 2.08. The Morgan fingerprint density at radius 2 is 2.44 bits per heavy atom. The highest BCUT2D eigenvalue weighted by molar-refractivity contribution is 4.95. The summed E-state index contributed by atoms with van der Waals surface area (Å²) in [5, 5.41) is 12.2. The molecule has 5 heteroatoms. The number of fused-ring (bicyclic) bond motifs is 1. The van der Waals surface area contributed by atoms with Crippen LogP contribution in [0.25, 0.3) is 0 Å². The number of aliphatic hydroxyl groups excluding tert-OH is 1. The van der Waals surface area contributed by atoms with Crippen LogP contribution in [0.3, 0.4) is 0 Å². The molecule has 16 heavy (non-hydrogen) atoms. The molecule has 0 radical (unpaired) electrons. The topological polar surface area (TPSA) is 53.3 Å². The van der Waals surface area contributed by atoms with Crippen LogP contribution >= 0.6 is 0 Å². The van der Waals surface area contributed by atoms with Crippen LogP contribution in [0.5, 0.6) is 0 Å². The zero-order chi connectivity index (χ0) is 11.4. The molecule has 1 aliphatic heterocycles. The van der Waals surface area contributed by atoms with E-state index in [1.165, 1.54) is 0 Å². The average Bonchev–Trinajstić information content (AvgIpc) is 2.77. The lowest BCUT2D eigenvalue weighted by atomic mass is 10.2. The minimum absolute atomic E-state index is 0.207. The highest BCUT2D eigenvalue weighted by atomic mass is 16.3. The van der Waals surface area contributed by atoms with Crippen LogP contribution in [0.15, 0.2) is 12.4 Å². The van der Waals surface area contributed by atoms with Gasteiger partial charge in [-0.25, -0.2) is 4.98 Å². The van der Waals surface area contributed by atoms with E-state index in [0.29, 0.717) is 0 Å². The zero-order valence-electron chi connectivity index (χ0n) is 9.76. The lowest BCUT2D eigenvalue weighted by molar-refractivity contribution is 0.184. The normalized spacial score (nSPS) is 18.4. The fourth-order valence-electron chi connectivity index (χ4n) is 2.08. The summed E-state index contributed by atoms with van der Waals surface area (Å²) >= 11 is 0. The van der Waals surface area contributed by atoms with Gasteiger partial charge in [-0.05, 0) is 13.5 Å². The van der Waals surface area contributed by atoms with Crippen LogP contribution in [0, 0.1) is 0 Å². The number of hydrogen-bond acceptors (Lipinski definition) is 4. The van der Waals surface area contributed by atoms with E-state index in [1.54, 1.807) is 0 Å². The van der Waals surface area contributed by atoms with Crippen molar-refractivity contribution < 1.29 is 5.11 Å². The molecule has 2 N–H and O–H groups in total. The Morgan fingerprint density at radius 1 is 1.56 bits per heavy atom. The lowest BCUT2D eigenvalue weighted by Gasteiger charge is -2.28. The predicted octanol–water partition coefficient (Wildman–Crippen LogP) is -0.331.